The van der Waals surface area contributed by atoms with E-state index in [1.165, 1.54) is 19.4 Å². The Hall–Kier alpha value is -1.91. The van der Waals surface area contributed by atoms with Gasteiger partial charge in [-0.15, -0.1) is 0 Å². The zero-order valence-electron chi connectivity index (χ0n) is 7.01. The maximum atomic E-state index is 9.99. The van der Waals surface area contributed by atoms with Gasteiger partial charge in [-0.1, -0.05) is 0 Å². The normalized spacial score (nSPS) is 10.2. The van der Waals surface area contributed by atoms with Crippen molar-refractivity contribution in [3.63, 3.8) is 0 Å². The first-order valence-electron chi connectivity index (χ1n) is 3.54. The van der Waals surface area contributed by atoms with Gasteiger partial charge in [-0.2, -0.15) is 0 Å². The van der Waals surface area contributed by atoms with Crippen molar-refractivity contribution in [1.29, 1.82) is 0 Å². The SMILES string of the molecule is COc1ccnc(/C=C/[N+](=O)[O-])c1. The van der Waals surface area contributed by atoms with Gasteiger partial charge in [-0.05, 0) is 6.07 Å². The second-order valence-corrected chi connectivity index (χ2v) is 2.22. The molecule has 68 valence electrons. The third kappa shape index (κ3) is 2.90. The number of hydrogen-bond acceptors (Lipinski definition) is 4. The molecular weight excluding hydrogens is 172 g/mol. The minimum atomic E-state index is -0.541. The Bertz CT molecular complexity index is 336. The van der Waals surface area contributed by atoms with E-state index in [-0.39, 0.29) is 0 Å². The molecule has 0 unspecified atom stereocenters. The van der Waals surface area contributed by atoms with Crippen LogP contribution in [0.15, 0.2) is 24.5 Å². The van der Waals surface area contributed by atoms with E-state index in [1.807, 2.05) is 0 Å². The van der Waals surface area contributed by atoms with Crippen molar-refractivity contribution >= 4 is 6.08 Å². The number of rotatable bonds is 3. The molecule has 0 amide bonds. The van der Waals surface area contributed by atoms with Crippen LogP contribution in [0.3, 0.4) is 0 Å². The highest BCUT2D eigenvalue weighted by atomic mass is 16.6. The van der Waals surface area contributed by atoms with E-state index >= 15 is 0 Å². The topological polar surface area (TPSA) is 65.3 Å². The summed E-state index contributed by atoms with van der Waals surface area (Å²) in [4.78, 5) is 13.3. The third-order valence-electron chi connectivity index (χ3n) is 1.36. The first-order valence-corrected chi connectivity index (χ1v) is 3.54. The van der Waals surface area contributed by atoms with Gasteiger partial charge in [0.25, 0.3) is 0 Å². The van der Waals surface area contributed by atoms with Crippen molar-refractivity contribution in [3.8, 4) is 5.75 Å². The second-order valence-electron chi connectivity index (χ2n) is 2.22. The van der Waals surface area contributed by atoms with Crippen molar-refractivity contribution < 1.29 is 9.66 Å². The van der Waals surface area contributed by atoms with Gasteiger partial charge in [0.15, 0.2) is 0 Å². The molecule has 0 aliphatic carbocycles. The lowest BCUT2D eigenvalue weighted by atomic mass is 10.3. The number of pyridine rings is 1. The van der Waals surface area contributed by atoms with E-state index in [4.69, 9.17) is 4.74 Å². The van der Waals surface area contributed by atoms with E-state index in [0.717, 1.165) is 6.20 Å². The molecule has 5 nitrogen and oxygen atoms in total. The molecule has 0 aliphatic rings. The highest BCUT2D eigenvalue weighted by molar-refractivity contribution is 5.45. The molecule has 5 heteroatoms. The summed E-state index contributed by atoms with van der Waals surface area (Å²) in [5.41, 5.74) is 0.496. The number of aromatic nitrogens is 1. The lowest BCUT2D eigenvalue weighted by Gasteiger charge is -1.97. The molecule has 0 N–H and O–H groups in total. The molecule has 0 atom stereocenters. The Morgan fingerprint density at radius 1 is 1.69 bits per heavy atom. The van der Waals surface area contributed by atoms with E-state index in [0.29, 0.717) is 11.4 Å². The Labute approximate surface area is 74.8 Å². The third-order valence-corrected chi connectivity index (χ3v) is 1.36. The molecule has 1 aromatic heterocycles. The van der Waals surface area contributed by atoms with Crippen LogP contribution >= 0.6 is 0 Å². The predicted molar refractivity (Wildman–Crippen MR) is 46.8 cm³/mol. The average molecular weight is 180 g/mol. The summed E-state index contributed by atoms with van der Waals surface area (Å²) in [5, 5.41) is 9.99. The van der Waals surface area contributed by atoms with Crippen LogP contribution in [0, 0.1) is 10.1 Å². The minimum Gasteiger partial charge on any atom is -0.497 e. The Kier molecular flexibility index (Phi) is 2.97. The number of hydrogen-bond donors (Lipinski definition) is 0. The fraction of sp³-hybridized carbons (Fsp3) is 0.125. The van der Waals surface area contributed by atoms with Crippen LogP contribution in [-0.4, -0.2) is 17.0 Å². The summed E-state index contributed by atoms with van der Waals surface area (Å²) in [5.74, 6) is 0.623. The molecule has 0 fully saturated rings. The smallest absolute Gasteiger partial charge is 0.236 e. The molecular formula is C8H8N2O3. The van der Waals surface area contributed by atoms with Crippen LogP contribution < -0.4 is 4.74 Å². The van der Waals surface area contributed by atoms with Crippen LogP contribution in [0.25, 0.3) is 6.08 Å². The number of nitrogens with zero attached hydrogens (tertiary/aromatic N) is 2. The van der Waals surface area contributed by atoms with Gasteiger partial charge in [-0.25, -0.2) is 0 Å². The molecule has 0 spiro atoms. The molecule has 13 heavy (non-hydrogen) atoms. The molecule has 0 aromatic carbocycles. The fourth-order valence-corrected chi connectivity index (χ4v) is 0.783. The van der Waals surface area contributed by atoms with Gasteiger partial charge in [0.05, 0.1) is 17.7 Å². The predicted octanol–water partition coefficient (Wildman–Crippen LogP) is 1.34. The van der Waals surface area contributed by atoms with Gasteiger partial charge in [-0.3, -0.25) is 15.1 Å². The molecule has 0 bridgehead atoms. The van der Waals surface area contributed by atoms with E-state index in [1.54, 1.807) is 12.1 Å². The summed E-state index contributed by atoms with van der Waals surface area (Å²) < 4.78 is 4.92. The maximum absolute atomic E-state index is 9.99. The van der Waals surface area contributed by atoms with Crippen molar-refractivity contribution in [2.24, 2.45) is 0 Å². The lowest BCUT2D eigenvalue weighted by Crippen LogP contribution is -1.87. The highest BCUT2D eigenvalue weighted by Crippen LogP contribution is 2.10. The summed E-state index contributed by atoms with van der Waals surface area (Å²) in [6.45, 7) is 0. The molecule has 0 saturated heterocycles. The monoisotopic (exact) mass is 180 g/mol. The van der Waals surface area contributed by atoms with Crippen molar-refractivity contribution in [2.45, 2.75) is 0 Å². The number of methoxy groups -OCH3 is 1. The van der Waals surface area contributed by atoms with E-state index < -0.39 is 4.92 Å². The summed E-state index contributed by atoms with van der Waals surface area (Å²) in [6.07, 6.45) is 3.67. The summed E-state index contributed by atoms with van der Waals surface area (Å²) in [7, 11) is 1.52. The summed E-state index contributed by atoms with van der Waals surface area (Å²) in [6, 6.07) is 3.28. The molecule has 0 aliphatic heterocycles. The number of ether oxygens (including phenoxy) is 1. The van der Waals surface area contributed by atoms with Crippen LogP contribution in [0.5, 0.6) is 5.75 Å². The van der Waals surface area contributed by atoms with Crippen molar-refractivity contribution in [1.82, 2.24) is 4.98 Å². The summed E-state index contributed by atoms with van der Waals surface area (Å²) >= 11 is 0. The van der Waals surface area contributed by atoms with Crippen molar-refractivity contribution in [3.05, 3.63) is 40.3 Å². The van der Waals surface area contributed by atoms with Crippen LogP contribution in [-0.2, 0) is 0 Å². The lowest BCUT2D eigenvalue weighted by molar-refractivity contribution is -0.401. The van der Waals surface area contributed by atoms with Crippen molar-refractivity contribution in [2.75, 3.05) is 7.11 Å². The second kappa shape index (κ2) is 4.20. The van der Waals surface area contributed by atoms with Gasteiger partial charge in [0.1, 0.15) is 5.75 Å². The first-order chi connectivity index (χ1) is 6.22. The number of nitro groups is 1. The Balaban J connectivity index is 2.83. The molecule has 1 rings (SSSR count). The molecule has 1 heterocycles. The minimum absolute atomic E-state index is 0.496. The molecule has 1 aromatic rings. The Morgan fingerprint density at radius 3 is 3.08 bits per heavy atom. The van der Waals surface area contributed by atoms with E-state index in [9.17, 15) is 10.1 Å². The average Bonchev–Trinajstić information content (AvgIpc) is 2.15. The Morgan fingerprint density at radius 2 is 2.46 bits per heavy atom. The zero-order chi connectivity index (χ0) is 9.68. The molecule has 0 saturated carbocycles. The van der Waals surface area contributed by atoms with Gasteiger partial charge in [0, 0.05) is 18.3 Å². The fourth-order valence-electron chi connectivity index (χ4n) is 0.783. The van der Waals surface area contributed by atoms with Gasteiger partial charge >= 0.3 is 0 Å². The largest absolute Gasteiger partial charge is 0.497 e. The highest BCUT2D eigenvalue weighted by Gasteiger charge is 1.94. The van der Waals surface area contributed by atoms with Gasteiger partial charge in [0.2, 0.25) is 6.20 Å². The van der Waals surface area contributed by atoms with Crippen LogP contribution in [0.1, 0.15) is 5.69 Å². The van der Waals surface area contributed by atoms with Gasteiger partial charge < -0.3 is 4.74 Å². The first kappa shape index (κ1) is 9.18. The van der Waals surface area contributed by atoms with Crippen LogP contribution in [0.2, 0.25) is 0 Å². The maximum Gasteiger partial charge on any atom is 0.236 e. The van der Waals surface area contributed by atoms with Crippen LogP contribution in [0.4, 0.5) is 0 Å². The zero-order valence-corrected chi connectivity index (χ0v) is 7.01. The molecule has 0 radical (unpaired) electrons. The van der Waals surface area contributed by atoms with E-state index in [2.05, 4.69) is 4.98 Å². The standard InChI is InChI=1S/C8H8N2O3/c1-13-8-2-4-9-7(6-8)3-5-10(11)12/h2-6H,1H3/b5-3+. The quantitative estimate of drug-likeness (QED) is 0.520.